The van der Waals surface area contributed by atoms with Crippen LogP contribution in [0.2, 0.25) is 0 Å². The molecule has 2 aromatic carbocycles. The second-order valence-electron chi connectivity index (χ2n) is 4.98. The van der Waals surface area contributed by atoms with Crippen molar-refractivity contribution < 1.29 is 4.39 Å². The summed E-state index contributed by atoms with van der Waals surface area (Å²) in [7, 11) is 0. The zero-order valence-corrected chi connectivity index (χ0v) is 11.9. The molecule has 0 aliphatic heterocycles. The van der Waals surface area contributed by atoms with Crippen LogP contribution in [0.3, 0.4) is 0 Å². The summed E-state index contributed by atoms with van der Waals surface area (Å²) < 4.78 is 13.7. The third-order valence-electron chi connectivity index (χ3n) is 3.61. The van der Waals surface area contributed by atoms with Crippen molar-refractivity contribution in [1.29, 1.82) is 0 Å². The van der Waals surface area contributed by atoms with Crippen molar-refractivity contribution in [2.24, 2.45) is 0 Å². The molecule has 0 saturated heterocycles. The van der Waals surface area contributed by atoms with Gasteiger partial charge in [-0.15, -0.1) is 0 Å². The van der Waals surface area contributed by atoms with E-state index in [2.05, 4.69) is 17.2 Å². The summed E-state index contributed by atoms with van der Waals surface area (Å²) in [5.74, 6) is -0.212. The molecule has 1 N–H and O–H groups in total. The fourth-order valence-electron chi connectivity index (χ4n) is 2.57. The number of nitrogens with one attached hydrogen (secondary N) is 1. The zero-order valence-electron chi connectivity index (χ0n) is 11.9. The molecule has 0 bridgehead atoms. The van der Waals surface area contributed by atoms with Crippen molar-refractivity contribution in [3.05, 3.63) is 66.2 Å². The topological polar surface area (TPSA) is 24.9 Å². The first-order valence-electron chi connectivity index (χ1n) is 7.12. The highest BCUT2D eigenvalue weighted by Gasteiger charge is 2.09. The number of fused-ring (bicyclic) bond motifs is 1. The summed E-state index contributed by atoms with van der Waals surface area (Å²) in [4.78, 5) is 4.15. The van der Waals surface area contributed by atoms with Crippen LogP contribution < -0.4 is 5.32 Å². The molecule has 3 rings (SSSR count). The Bertz CT molecular complexity index is 763. The Morgan fingerprint density at radius 3 is 2.86 bits per heavy atom. The van der Waals surface area contributed by atoms with Crippen molar-refractivity contribution in [3.8, 4) is 11.1 Å². The van der Waals surface area contributed by atoms with Gasteiger partial charge in [0.1, 0.15) is 5.82 Å². The number of hydrogen-bond acceptors (Lipinski definition) is 2. The molecule has 0 aliphatic rings. The first-order chi connectivity index (χ1) is 10.3. The standard InChI is InChI=1S/C18H17FN2/c1-2-20-11-14-6-7-15(19)10-18(14)17-5-3-4-13-12-21-9-8-16(13)17/h3-10,12,20H,2,11H2,1H3. The van der Waals surface area contributed by atoms with E-state index in [0.717, 1.165) is 40.6 Å². The number of halogens is 1. The van der Waals surface area contributed by atoms with Crippen molar-refractivity contribution in [2.75, 3.05) is 6.54 Å². The normalized spacial score (nSPS) is 11.0. The third kappa shape index (κ3) is 2.78. The van der Waals surface area contributed by atoms with Crippen molar-refractivity contribution >= 4 is 10.8 Å². The quantitative estimate of drug-likeness (QED) is 0.776. The lowest BCUT2D eigenvalue weighted by molar-refractivity contribution is 0.626. The van der Waals surface area contributed by atoms with Crippen LogP contribution in [0.1, 0.15) is 12.5 Å². The van der Waals surface area contributed by atoms with Gasteiger partial charge >= 0.3 is 0 Å². The lowest BCUT2D eigenvalue weighted by Crippen LogP contribution is -2.12. The van der Waals surface area contributed by atoms with Crippen LogP contribution in [0.15, 0.2) is 54.9 Å². The number of rotatable bonds is 4. The predicted octanol–water partition coefficient (Wildman–Crippen LogP) is 4.15. The Hall–Kier alpha value is -2.26. The summed E-state index contributed by atoms with van der Waals surface area (Å²) in [5, 5.41) is 5.46. The molecule has 3 aromatic rings. The molecular weight excluding hydrogens is 263 g/mol. The van der Waals surface area contributed by atoms with Gasteiger partial charge in [-0.05, 0) is 46.8 Å². The van der Waals surface area contributed by atoms with Crippen molar-refractivity contribution in [1.82, 2.24) is 10.3 Å². The van der Waals surface area contributed by atoms with Crippen LogP contribution >= 0.6 is 0 Å². The molecule has 106 valence electrons. The molecule has 0 saturated carbocycles. The van der Waals surface area contributed by atoms with E-state index in [1.165, 1.54) is 6.07 Å². The summed E-state index contributed by atoms with van der Waals surface area (Å²) >= 11 is 0. The van der Waals surface area contributed by atoms with Gasteiger partial charge in [0.05, 0.1) is 0 Å². The summed E-state index contributed by atoms with van der Waals surface area (Å²) in [6.07, 6.45) is 3.61. The highest BCUT2D eigenvalue weighted by Crippen LogP contribution is 2.31. The maximum atomic E-state index is 13.7. The van der Waals surface area contributed by atoms with E-state index in [9.17, 15) is 4.39 Å². The van der Waals surface area contributed by atoms with Gasteiger partial charge in [-0.2, -0.15) is 0 Å². The molecule has 21 heavy (non-hydrogen) atoms. The maximum absolute atomic E-state index is 13.7. The number of pyridine rings is 1. The molecule has 0 atom stereocenters. The van der Waals surface area contributed by atoms with Crippen LogP contribution in [0, 0.1) is 5.82 Å². The fraction of sp³-hybridized carbons (Fsp3) is 0.167. The van der Waals surface area contributed by atoms with Crippen LogP contribution in [0.4, 0.5) is 4.39 Å². The minimum atomic E-state index is -0.212. The SMILES string of the molecule is CCNCc1ccc(F)cc1-c1cccc2cnccc12. The molecule has 0 spiro atoms. The van der Waals surface area contributed by atoms with E-state index in [1.807, 2.05) is 36.5 Å². The molecule has 0 unspecified atom stereocenters. The van der Waals surface area contributed by atoms with E-state index in [1.54, 1.807) is 12.3 Å². The number of benzene rings is 2. The zero-order chi connectivity index (χ0) is 14.7. The van der Waals surface area contributed by atoms with Crippen molar-refractivity contribution in [2.45, 2.75) is 13.5 Å². The Kier molecular flexibility index (Phi) is 3.93. The minimum absolute atomic E-state index is 0.212. The number of hydrogen-bond donors (Lipinski definition) is 1. The average Bonchev–Trinajstić information content (AvgIpc) is 2.53. The predicted molar refractivity (Wildman–Crippen MR) is 84.5 cm³/mol. The van der Waals surface area contributed by atoms with Gasteiger partial charge in [-0.25, -0.2) is 4.39 Å². The molecule has 0 amide bonds. The van der Waals surface area contributed by atoms with E-state index in [0.29, 0.717) is 0 Å². The molecule has 0 aliphatic carbocycles. The largest absolute Gasteiger partial charge is 0.313 e. The Morgan fingerprint density at radius 1 is 1.10 bits per heavy atom. The summed E-state index contributed by atoms with van der Waals surface area (Å²) in [6.45, 7) is 3.68. The van der Waals surface area contributed by atoms with Gasteiger partial charge in [0.25, 0.3) is 0 Å². The van der Waals surface area contributed by atoms with E-state index < -0.39 is 0 Å². The summed E-state index contributed by atoms with van der Waals surface area (Å²) in [5.41, 5.74) is 3.08. The van der Waals surface area contributed by atoms with Crippen LogP contribution in [0.5, 0.6) is 0 Å². The van der Waals surface area contributed by atoms with Crippen LogP contribution in [-0.4, -0.2) is 11.5 Å². The monoisotopic (exact) mass is 280 g/mol. The number of aromatic nitrogens is 1. The Labute approximate surface area is 123 Å². The molecule has 3 heteroatoms. The highest BCUT2D eigenvalue weighted by atomic mass is 19.1. The first kappa shape index (κ1) is 13.7. The third-order valence-corrected chi connectivity index (χ3v) is 3.61. The molecular formula is C18H17FN2. The van der Waals surface area contributed by atoms with E-state index in [-0.39, 0.29) is 5.82 Å². The second-order valence-corrected chi connectivity index (χ2v) is 4.98. The smallest absolute Gasteiger partial charge is 0.123 e. The molecule has 0 radical (unpaired) electrons. The Morgan fingerprint density at radius 2 is 2.00 bits per heavy atom. The van der Waals surface area contributed by atoms with E-state index >= 15 is 0 Å². The van der Waals surface area contributed by atoms with Crippen LogP contribution in [-0.2, 0) is 6.54 Å². The lowest BCUT2D eigenvalue weighted by atomic mass is 9.95. The Balaban J connectivity index is 2.19. The molecule has 2 nitrogen and oxygen atoms in total. The summed E-state index contributed by atoms with van der Waals surface area (Å²) in [6, 6.07) is 13.0. The van der Waals surface area contributed by atoms with Crippen molar-refractivity contribution in [3.63, 3.8) is 0 Å². The number of nitrogens with zero attached hydrogens (tertiary/aromatic N) is 1. The highest BCUT2D eigenvalue weighted by molar-refractivity contribution is 5.96. The van der Waals surface area contributed by atoms with Gasteiger partial charge in [0.15, 0.2) is 0 Å². The lowest BCUT2D eigenvalue weighted by Gasteiger charge is -2.13. The second kappa shape index (κ2) is 6.02. The van der Waals surface area contributed by atoms with Gasteiger partial charge in [0.2, 0.25) is 0 Å². The maximum Gasteiger partial charge on any atom is 0.123 e. The molecule has 0 fully saturated rings. The first-order valence-corrected chi connectivity index (χ1v) is 7.12. The van der Waals surface area contributed by atoms with Gasteiger partial charge in [-0.3, -0.25) is 4.98 Å². The van der Waals surface area contributed by atoms with Gasteiger partial charge in [-0.1, -0.05) is 31.2 Å². The van der Waals surface area contributed by atoms with Crippen LogP contribution in [0.25, 0.3) is 21.9 Å². The minimum Gasteiger partial charge on any atom is -0.313 e. The fourth-order valence-corrected chi connectivity index (χ4v) is 2.57. The van der Waals surface area contributed by atoms with E-state index in [4.69, 9.17) is 0 Å². The average molecular weight is 280 g/mol. The van der Waals surface area contributed by atoms with Gasteiger partial charge < -0.3 is 5.32 Å². The molecule has 1 aromatic heterocycles. The molecule has 1 heterocycles. The van der Waals surface area contributed by atoms with Gasteiger partial charge in [0, 0.05) is 24.3 Å².